The van der Waals surface area contributed by atoms with Gasteiger partial charge in [-0.2, -0.15) is 18.3 Å². The molecule has 12 heteroatoms. The lowest BCUT2D eigenvalue weighted by atomic mass is 9.92. The van der Waals surface area contributed by atoms with E-state index in [1.54, 1.807) is 24.5 Å². The van der Waals surface area contributed by atoms with Gasteiger partial charge < -0.3 is 29.2 Å². The molecule has 49 heavy (non-hydrogen) atoms. The molecule has 8 rings (SSSR count). The number of nitrogens with zero attached hydrogens (tertiary/aromatic N) is 3. The first-order chi connectivity index (χ1) is 23.7. The average molecular weight is 675 g/mol. The number of ether oxygens (including phenoxy) is 2. The number of hydrogen-bond acceptors (Lipinski definition) is 7. The molecule has 0 radical (unpaired) electrons. The fourth-order valence-electron chi connectivity index (χ4n) is 6.08. The Morgan fingerprint density at radius 1 is 0.959 bits per heavy atom. The molecule has 1 atom stereocenters. The molecule has 0 aliphatic carbocycles. The van der Waals surface area contributed by atoms with E-state index in [0.717, 1.165) is 41.7 Å². The molecule has 3 aliphatic heterocycles. The Morgan fingerprint density at radius 3 is 2.47 bits per heavy atom. The van der Waals surface area contributed by atoms with E-state index in [2.05, 4.69) is 50.9 Å². The lowest BCUT2D eigenvalue weighted by Crippen LogP contribution is -2.23. The van der Waals surface area contributed by atoms with Crippen molar-refractivity contribution < 1.29 is 37.0 Å². The minimum atomic E-state index is -4.43. The maximum Gasteiger partial charge on any atom is 0.449 e. The predicted octanol–water partition coefficient (Wildman–Crippen LogP) is 7.99. The summed E-state index contributed by atoms with van der Waals surface area (Å²) in [5.41, 5.74) is 5.56. The number of phenolic OH excluding ortho intramolecular Hbond substituents is 1. The maximum atomic E-state index is 12.2. The number of benzene rings is 3. The lowest BCUT2D eigenvalue weighted by Gasteiger charge is -2.20. The third-order valence-electron chi connectivity index (χ3n) is 8.45. The Kier molecular flexibility index (Phi) is 10.1. The van der Waals surface area contributed by atoms with Crippen molar-refractivity contribution in [2.24, 2.45) is 0 Å². The molecule has 3 aliphatic rings. The Morgan fingerprint density at radius 2 is 1.73 bits per heavy atom. The highest BCUT2D eigenvalue weighted by atomic mass is 19.4. The van der Waals surface area contributed by atoms with E-state index in [1.165, 1.54) is 41.3 Å². The zero-order valence-electron chi connectivity index (χ0n) is 27.0. The number of amides is 1. The number of phenols is 1. The number of aromatic hydroxyl groups is 1. The first kappa shape index (κ1) is 33.5. The van der Waals surface area contributed by atoms with Crippen LogP contribution in [0.15, 0.2) is 95.7 Å². The Balaban J connectivity index is 0.000000141. The standard InChI is InChI=1S/C20H23NO3.C9H7F3N2O.C8H7NO/c1-2-3-6-9-21-12-16(14-7-4-5-8-17(14)21)15-10-19-20(11-18(15)22)24-13-23-19;10-9(11,12)8-3-2-7(15-8)6-14-5-1-4-13-14;10-8-5-6-3-1-2-4-7(6)9-8/h4-5,7-8,10-11,16,22H,2-3,6,9,12-13H2,1H3;1-5H,6H2;1-4H,5H2,(H,9,10). The van der Waals surface area contributed by atoms with E-state index >= 15 is 0 Å². The number of furan rings is 1. The van der Waals surface area contributed by atoms with Gasteiger partial charge in [0.05, 0.1) is 13.0 Å². The summed E-state index contributed by atoms with van der Waals surface area (Å²) in [6, 6.07) is 23.8. The van der Waals surface area contributed by atoms with Gasteiger partial charge in [-0.05, 0) is 53.9 Å². The number of halogens is 3. The Labute approximate surface area is 281 Å². The van der Waals surface area contributed by atoms with Crippen LogP contribution in [0.2, 0.25) is 0 Å². The number of para-hydroxylation sites is 2. The molecule has 256 valence electrons. The van der Waals surface area contributed by atoms with Crippen molar-refractivity contribution in [3.8, 4) is 17.2 Å². The highest BCUT2D eigenvalue weighted by molar-refractivity contribution is 5.98. The summed E-state index contributed by atoms with van der Waals surface area (Å²) in [6.45, 7) is 4.61. The molecular formula is C37H37F3N4O5. The summed E-state index contributed by atoms with van der Waals surface area (Å²) in [7, 11) is 0. The van der Waals surface area contributed by atoms with E-state index in [-0.39, 0.29) is 36.7 Å². The van der Waals surface area contributed by atoms with Gasteiger partial charge in [0.25, 0.3) is 0 Å². The number of carbonyl (C=O) groups excluding carboxylic acids is 1. The maximum absolute atomic E-state index is 12.2. The van der Waals surface area contributed by atoms with E-state index in [4.69, 9.17) is 9.47 Å². The number of carbonyl (C=O) groups is 1. The van der Waals surface area contributed by atoms with Crippen LogP contribution >= 0.6 is 0 Å². The van der Waals surface area contributed by atoms with Crippen LogP contribution in [0.5, 0.6) is 17.2 Å². The van der Waals surface area contributed by atoms with Crippen LogP contribution in [0.3, 0.4) is 0 Å². The number of alkyl halides is 3. The van der Waals surface area contributed by atoms with Gasteiger partial charge in [0.1, 0.15) is 11.5 Å². The third kappa shape index (κ3) is 8.02. The number of fused-ring (bicyclic) bond motifs is 3. The smallest absolute Gasteiger partial charge is 0.449 e. The van der Waals surface area contributed by atoms with Gasteiger partial charge in [-0.15, -0.1) is 0 Å². The minimum Gasteiger partial charge on any atom is -0.508 e. The SMILES string of the molecule is CCCCCN1CC(c2cc3c(cc2O)OCO3)c2ccccc21.FC(F)(F)c1ccc(Cn2cccn2)o1.O=C1Cc2ccccc2N1. The average Bonchev–Trinajstić information content (AvgIpc) is 3.92. The van der Waals surface area contributed by atoms with Gasteiger partial charge in [0, 0.05) is 54.4 Å². The summed E-state index contributed by atoms with van der Waals surface area (Å²) < 4.78 is 53.5. The molecule has 5 heterocycles. The molecule has 9 nitrogen and oxygen atoms in total. The van der Waals surface area contributed by atoms with Crippen LogP contribution in [-0.2, 0) is 23.9 Å². The molecule has 2 aromatic heterocycles. The monoisotopic (exact) mass is 674 g/mol. The number of hydrogen-bond donors (Lipinski definition) is 2. The number of unbranched alkanes of at least 4 members (excludes halogenated alkanes) is 2. The largest absolute Gasteiger partial charge is 0.508 e. The second-order valence-corrected chi connectivity index (χ2v) is 11.9. The van der Waals surface area contributed by atoms with Crippen LogP contribution in [0.4, 0.5) is 24.5 Å². The molecule has 2 N–H and O–H groups in total. The molecule has 0 saturated heterocycles. The fourth-order valence-corrected chi connectivity index (χ4v) is 6.08. The fraction of sp³-hybridized carbons (Fsp3) is 0.297. The molecule has 0 spiro atoms. The van der Waals surface area contributed by atoms with Crippen molar-refractivity contribution in [1.82, 2.24) is 9.78 Å². The van der Waals surface area contributed by atoms with Crippen molar-refractivity contribution in [1.29, 1.82) is 0 Å². The van der Waals surface area contributed by atoms with Gasteiger partial charge in [-0.25, -0.2) is 0 Å². The van der Waals surface area contributed by atoms with E-state index in [9.17, 15) is 23.1 Å². The summed E-state index contributed by atoms with van der Waals surface area (Å²) >= 11 is 0. The molecule has 5 aromatic rings. The Hall–Kier alpha value is -5.39. The number of anilines is 2. The Bertz CT molecular complexity index is 1850. The van der Waals surface area contributed by atoms with Gasteiger partial charge in [0.15, 0.2) is 11.5 Å². The highest BCUT2D eigenvalue weighted by Crippen LogP contribution is 2.47. The van der Waals surface area contributed by atoms with Crippen LogP contribution in [0.25, 0.3) is 0 Å². The van der Waals surface area contributed by atoms with E-state index in [0.29, 0.717) is 12.2 Å². The summed E-state index contributed by atoms with van der Waals surface area (Å²) in [5.74, 6) is 1.15. The van der Waals surface area contributed by atoms with Crippen molar-refractivity contribution >= 4 is 17.3 Å². The number of rotatable bonds is 7. The van der Waals surface area contributed by atoms with Crippen molar-refractivity contribution in [3.63, 3.8) is 0 Å². The normalized spacial score (nSPS) is 15.5. The number of aromatic nitrogens is 2. The first-order valence-electron chi connectivity index (χ1n) is 16.2. The topological polar surface area (TPSA) is 102 Å². The highest BCUT2D eigenvalue weighted by Gasteiger charge is 2.35. The zero-order chi connectivity index (χ0) is 34.4. The quantitative estimate of drug-likeness (QED) is 0.169. The van der Waals surface area contributed by atoms with Gasteiger partial charge >= 0.3 is 6.18 Å². The van der Waals surface area contributed by atoms with Gasteiger partial charge in [-0.1, -0.05) is 56.2 Å². The zero-order valence-corrected chi connectivity index (χ0v) is 27.0. The summed E-state index contributed by atoms with van der Waals surface area (Å²) in [5, 5.41) is 17.1. The summed E-state index contributed by atoms with van der Waals surface area (Å²) in [4.78, 5) is 13.2. The first-order valence-corrected chi connectivity index (χ1v) is 16.2. The molecular weight excluding hydrogens is 637 g/mol. The third-order valence-corrected chi connectivity index (χ3v) is 8.45. The van der Waals surface area contributed by atoms with Crippen molar-refractivity contribution in [3.05, 3.63) is 119 Å². The molecule has 0 saturated carbocycles. The van der Waals surface area contributed by atoms with E-state index < -0.39 is 11.9 Å². The molecule has 3 aromatic carbocycles. The lowest BCUT2D eigenvalue weighted by molar-refractivity contribution is -0.153. The number of nitrogens with one attached hydrogen (secondary N) is 1. The van der Waals surface area contributed by atoms with Crippen molar-refractivity contribution in [2.45, 2.75) is 51.2 Å². The van der Waals surface area contributed by atoms with E-state index in [1.807, 2.05) is 30.3 Å². The molecule has 1 amide bonds. The van der Waals surface area contributed by atoms with Crippen molar-refractivity contribution in [2.75, 3.05) is 30.1 Å². The minimum absolute atomic E-state index is 0.0983. The van der Waals surface area contributed by atoms with Gasteiger partial charge in [-0.3, -0.25) is 9.48 Å². The molecule has 0 bridgehead atoms. The second kappa shape index (κ2) is 14.8. The van der Waals surface area contributed by atoms with Crippen LogP contribution < -0.4 is 19.7 Å². The van der Waals surface area contributed by atoms with Crippen LogP contribution in [0.1, 0.15) is 60.3 Å². The van der Waals surface area contributed by atoms with Gasteiger partial charge in [0.2, 0.25) is 18.5 Å². The molecule has 1 unspecified atom stereocenters. The van der Waals surface area contributed by atoms with Crippen LogP contribution in [-0.4, -0.2) is 40.7 Å². The molecule has 0 fully saturated rings. The summed E-state index contributed by atoms with van der Waals surface area (Å²) in [6.07, 6.45) is 2.98. The predicted molar refractivity (Wildman–Crippen MR) is 178 cm³/mol. The van der Waals surface area contributed by atoms with Crippen LogP contribution in [0, 0.1) is 0 Å². The second-order valence-electron chi connectivity index (χ2n) is 11.9.